The van der Waals surface area contributed by atoms with Crippen molar-refractivity contribution in [2.24, 2.45) is 5.16 Å². The molecule has 78 valence electrons. The number of rotatable bonds is 2. The highest BCUT2D eigenvalue weighted by molar-refractivity contribution is 6.46. The zero-order valence-corrected chi connectivity index (χ0v) is 8.85. The van der Waals surface area contributed by atoms with Crippen LogP contribution in [0.15, 0.2) is 35.5 Å². The van der Waals surface area contributed by atoms with Gasteiger partial charge in [0.05, 0.1) is 0 Å². The van der Waals surface area contributed by atoms with Crippen LogP contribution in [0.25, 0.3) is 0 Å². The van der Waals surface area contributed by atoms with Crippen molar-refractivity contribution in [1.29, 1.82) is 0 Å². The second-order valence-electron chi connectivity index (χ2n) is 3.79. The summed E-state index contributed by atoms with van der Waals surface area (Å²) in [6.07, 6.45) is 2.13. The third kappa shape index (κ3) is 1.91. The standard InChI is InChI=1S/C12H14N2O/c1-14-9-5-8-11(14)12(13-15)10-6-3-2-4-7-10/h2-4,6-7H,5,8-9H2,1H3/p+1. The third-order valence-electron chi connectivity index (χ3n) is 2.79. The highest BCUT2D eigenvalue weighted by Gasteiger charge is 2.25. The molecular formula is C12H15N2O+. The summed E-state index contributed by atoms with van der Waals surface area (Å²) in [5, 5.41) is 12.5. The second kappa shape index (κ2) is 4.26. The van der Waals surface area contributed by atoms with Crippen LogP contribution in [0.5, 0.6) is 0 Å². The number of hydrogen-bond acceptors (Lipinski definition) is 2. The van der Waals surface area contributed by atoms with Crippen LogP contribution < -0.4 is 0 Å². The molecule has 0 saturated carbocycles. The molecule has 15 heavy (non-hydrogen) atoms. The van der Waals surface area contributed by atoms with Gasteiger partial charge in [0.15, 0.2) is 5.71 Å². The Morgan fingerprint density at radius 2 is 2.07 bits per heavy atom. The van der Waals surface area contributed by atoms with E-state index in [0.717, 1.165) is 30.7 Å². The predicted octanol–water partition coefficient (Wildman–Crippen LogP) is 1.74. The smallest absolute Gasteiger partial charge is 0.205 e. The normalized spacial score (nSPS) is 17.3. The molecule has 0 spiro atoms. The lowest BCUT2D eigenvalue weighted by molar-refractivity contribution is -0.487. The van der Waals surface area contributed by atoms with Gasteiger partial charge in [0.1, 0.15) is 13.6 Å². The van der Waals surface area contributed by atoms with E-state index >= 15 is 0 Å². The summed E-state index contributed by atoms with van der Waals surface area (Å²) < 4.78 is 2.15. The molecule has 0 aliphatic carbocycles. The molecule has 3 nitrogen and oxygen atoms in total. The maximum atomic E-state index is 9.10. The van der Waals surface area contributed by atoms with Gasteiger partial charge < -0.3 is 5.21 Å². The highest BCUT2D eigenvalue weighted by Crippen LogP contribution is 2.10. The van der Waals surface area contributed by atoms with Crippen molar-refractivity contribution in [3.63, 3.8) is 0 Å². The van der Waals surface area contributed by atoms with Crippen molar-refractivity contribution in [2.45, 2.75) is 12.8 Å². The van der Waals surface area contributed by atoms with E-state index in [9.17, 15) is 0 Å². The van der Waals surface area contributed by atoms with Gasteiger partial charge in [0, 0.05) is 18.4 Å². The van der Waals surface area contributed by atoms with Crippen molar-refractivity contribution in [2.75, 3.05) is 13.6 Å². The molecule has 0 unspecified atom stereocenters. The molecule has 1 heterocycles. The van der Waals surface area contributed by atoms with Gasteiger partial charge in [0.25, 0.3) is 0 Å². The van der Waals surface area contributed by atoms with Crippen molar-refractivity contribution in [3.05, 3.63) is 35.9 Å². The van der Waals surface area contributed by atoms with E-state index in [2.05, 4.69) is 9.73 Å². The van der Waals surface area contributed by atoms with E-state index < -0.39 is 0 Å². The summed E-state index contributed by atoms with van der Waals surface area (Å²) >= 11 is 0. The van der Waals surface area contributed by atoms with Crippen molar-refractivity contribution in [1.82, 2.24) is 0 Å². The average molecular weight is 203 g/mol. The highest BCUT2D eigenvalue weighted by atomic mass is 16.4. The first-order valence-electron chi connectivity index (χ1n) is 5.17. The summed E-state index contributed by atoms with van der Waals surface area (Å²) in [5.41, 5.74) is 2.81. The van der Waals surface area contributed by atoms with E-state index in [-0.39, 0.29) is 0 Å². The van der Waals surface area contributed by atoms with Crippen LogP contribution in [0.2, 0.25) is 0 Å². The fourth-order valence-electron chi connectivity index (χ4n) is 1.99. The second-order valence-corrected chi connectivity index (χ2v) is 3.79. The molecule has 0 atom stereocenters. The fraction of sp³-hybridized carbons (Fsp3) is 0.333. The number of hydrogen-bond donors (Lipinski definition) is 1. The Labute approximate surface area is 89.4 Å². The zero-order chi connectivity index (χ0) is 10.7. The molecule has 3 heteroatoms. The van der Waals surface area contributed by atoms with Crippen LogP contribution in [0.4, 0.5) is 0 Å². The minimum absolute atomic E-state index is 0.704. The topological polar surface area (TPSA) is 35.6 Å². The minimum atomic E-state index is 0.704. The van der Waals surface area contributed by atoms with Crippen molar-refractivity contribution < 1.29 is 9.78 Å². The Bertz CT molecular complexity index is 407. The summed E-state index contributed by atoms with van der Waals surface area (Å²) in [6.45, 7) is 1.04. The van der Waals surface area contributed by atoms with Gasteiger partial charge in [-0.1, -0.05) is 35.5 Å². The Hall–Kier alpha value is -1.64. The van der Waals surface area contributed by atoms with Crippen LogP contribution in [0.3, 0.4) is 0 Å². The molecule has 1 aromatic carbocycles. The van der Waals surface area contributed by atoms with Crippen molar-refractivity contribution >= 4 is 11.4 Å². The average Bonchev–Trinajstić information content (AvgIpc) is 2.68. The first-order chi connectivity index (χ1) is 7.33. The van der Waals surface area contributed by atoms with E-state index in [1.165, 1.54) is 0 Å². The molecular weight excluding hydrogens is 188 g/mol. The molecule has 0 bridgehead atoms. The maximum absolute atomic E-state index is 9.10. The van der Waals surface area contributed by atoms with Gasteiger partial charge in [0.2, 0.25) is 5.71 Å². The number of benzene rings is 1. The molecule has 0 amide bonds. The fourth-order valence-corrected chi connectivity index (χ4v) is 1.99. The van der Waals surface area contributed by atoms with Crippen LogP contribution in [-0.4, -0.2) is 34.8 Å². The lowest BCUT2D eigenvalue weighted by Gasteiger charge is -2.01. The van der Waals surface area contributed by atoms with Gasteiger partial charge in [-0.3, -0.25) is 0 Å². The SMILES string of the molecule is C[N+]1=C(C(=NO)c2ccccc2)CCC1. The molecule has 0 saturated heterocycles. The Morgan fingerprint density at radius 3 is 2.60 bits per heavy atom. The summed E-state index contributed by atoms with van der Waals surface area (Å²) in [4.78, 5) is 0. The van der Waals surface area contributed by atoms with Gasteiger partial charge in [-0.05, 0) is 0 Å². The molecule has 1 N–H and O–H groups in total. The molecule has 0 aromatic heterocycles. The lowest BCUT2D eigenvalue weighted by atomic mass is 10.0. The van der Waals surface area contributed by atoms with E-state index in [0.29, 0.717) is 5.71 Å². The van der Waals surface area contributed by atoms with Gasteiger partial charge >= 0.3 is 0 Å². The van der Waals surface area contributed by atoms with Crippen LogP contribution >= 0.6 is 0 Å². The van der Waals surface area contributed by atoms with Crippen molar-refractivity contribution in [3.8, 4) is 0 Å². The molecule has 1 aromatic rings. The molecule has 2 rings (SSSR count). The molecule has 1 aliphatic heterocycles. The first kappa shape index (κ1) is 9.90. The van der Waals surface area contributed by atoms with E-state index in [1.807, 2.05) is 37.4 Å². The monoisotopic (exact) mass is 203 g/mol. The van der Waals surface area contributed by atoms with Gasteiger partial charge in [-0.15, -0.1) is 0 Å². The number of oxime groups is 1. The molecule has 1 aliphatic rings. The van der Waals surface area contributed by atoms with E-state index in [1.54, 1.807) is 0 Å². The Balaban J connectivity index is 2.38. The first-order valence-corrected chi connectivity index (χ1v) is 5.17. The van der Waals surface area contributed by atoms with Crippen LogP contribution in [0, 0.1) is 0 Å². The Morgan fingerprint density at radius 1 is 1.33 bits per heavy atom. The van der Waals surface area contributed by atoms with Crippen LogP contribution in [-0.2, 0) is 0 Å². The quantitative estimate of drug-likeness (QED) is 0.338. The largest absolute Gasteiger partial charge is 0.410 e. The Kier molecular flexibility index (Phi) is 2.81. The third-order valence-corrected chi connectivity index (χ3v) is 2.79. The minimum Gasteiger partial charge on any atom is -0.410 e. The summed E-state index contributed by atoms with van der Waals surface area (Å²) in [7, 11) is 2.04. The van der Waals surface area contributed by atoms with Gasteiger partial charge in [-0.2, -0.15) is 0 Å². The molecule has 0 radical (unpaired) electrons. The van der Waals surface area contributed by atoms with Gasteiger partial charge in [-0.25, -0.2) is 4.58 Å². The zero-order valence-electron chi connectivity index (χ0n) is 8.85. The lowest BCUT2D eigenvalue weighted by Crippen LogP contribution is -2.21. The summed E-state index contributed by atoms with van der Waals surface area (Å²) in [6, 6.07) is 9.80. The van der Waals surface area contributed by atoms with Crippen LogP contribution in [0.1, 0.15) is 18.4 Å². The molecule has 0 fully saturated rings. The maximum Gasteiger partial charge on any atom is 0.205 e. The van der Waals surface area contributed by atoms with E-state index in [4.69, 9.17) is 5.21 Å². The predicted molar refractivity (Wildman–Crippen MR) is 60.1 cm³/mol. The number of nitrogens with zero attached hydrogens (tertiary/aromatic N) is 2. The summed E-state index contributed by atoms with van der Waals surface area (Å²) in [5.74, 6) is 0.